The monoisotopic (exact) mass is 388 g/mol. The van der Waals surface area contributed by atoms with E-state index in [1.807, 2.05) is 23.6 Å². The van der Waals surface area contributed by atoms with Crippen LogP contribution in [0.25, 0.3) is 11.3 Å². The minimum absolute atomic E-state index is 0.00821. The van der Waals surface area contributed by atoms with Gasteiger partial charge in [-0.15, -0.1) is 23.1 Å². The second-order valence-electron chi connectivity index (χ2n) is 6.08. The number of aromatic nitrogens is 1. The van der Waals surface area contributed by atoms with Crippen molar-refractivity contribution >= 4 is 51.6 Å². The molecule has 134 valence electrons. The van der Waals surface area contributed by atoms with Gasteiger partial charge in [0.05, 0.1) is 17.3 Å². The predicted molar refractivity (Wildman–Crippen MR) is 102 cm³/mol. The summed E-state index contributed by atoms with van der Waals surface area (Å²) in [5.74, 6) is 0.786. The largest absolute Gasteiger partial charge is 0.326 e. The zero-order valence-electron chi connectivity index (χ0n) is 13.8. The van der Waals surface area contributed by atoms with E-state index in [4.69, 9.17) is 0 Å². The summed E-state index contributed by atoms with van der Waals surface area (Å²) >= 11 is 2.86. The molecule has 1 aromatic heterocycles. The third-order valence-corrected chi connectivity index (χ3v) is 5.91. The Morgan fingerprint density at radius 2 is 2.19 bits per heavy atom. The average molecular weight is 388 g/mol. The van der Waals surface area contributed by atoms with Gasteiger partial charge >= 0.3 is 0 Å². The number of amides is 3. The lowest BCUT2D eigenvalue weighted by atomic mass is 9.99. The van der Waals surface area contributed by atoms with Crippen LogP contribution in [0, 0.1) is 0 Å². The molecule has 1 saturated heterocycles. The van der Waals surface area contributed by atoms with E-state index in [0.717, 1.165) is 22.5 Å². The van der Waals surface area contributed by atoms with Crippen LogP contribution in [0.5, 0.6) is 0 Å². The number of hydrogen-bond acceptors (Lipinski definition) is 6. The van der Waals surface area contributed by atoms with Crippen LogP contribution in [0.2, 0.25) is 0 Å². The molecule has 0 radical (unpaired) electrons. The number of anilines is 2. The molecule has 1 aromatic carbocycles. The summed E-state index contributed by atoms with van der Waals surface area (Å²) in [4.78, 5) is 41.1. The van der Waals surface area contributed by atoms with E-state index in [1.54, 1.807) is 0 Å². The highest BCUT2D eigenvalue weighted by Gasteiger charge is 2.23. The number of rotatable bonds is 4. The first-order valence-electron chi connectivity index (χ1n) is 8.12. The number of carbonyl (C=O) groups excluding carboxylic acids is 3. The van der Waals surface area contributed by atoms with Crippen LogP contribution in [0.3, 0.4) is 0 Å². The first-order valence-corrected chi connectivity index (χ1v) is 10.2. The molecule has 0 bridgehead atoms. The van der Waals surface area contributed by atoms with Crippen LogP contribution in [-0.4, -0.2) is 45.8 Å². The quantitative estimate of drug-likeness (QED) is 0.838. The van der Waals surface area contributed by atoms with Gasteiger partial charge < -0.3 is 15.5 Å². The molecule has 3 heterocycles. The fourth-order valence-corrected chi connectivity index (χ4v) is 4.52. The molecule has 1 fully saturated rings. The van der Waals surface area contributed by atoms with Crippen molar-refractivity contribution in [2.45, 2.75) is 12.8 Å². The zero-order chi connectivity index (χ0) is 18.1. The molecule has 9 heteroatoms. The molecule has 0 unspecified atom stereocenters. The average Bonchev–Trinajstić information content (AvgIpc) is 3.24. The molecule has 2 N–H and O–H groups in total. The van der Waals surface area contributed by atoms with Gasteiger partial charge in [0.25, 0.3) is 0 Å². The highest BCUT2D eigenvalue weighted by molar-refractivity contribution is 8.00. The summed E-state index contributed by atoms with van der Waals surface area (Å²) in [6, 6.07) is 5.82. The van der Waals surface area contributed by atoms with Gasteiger partial charge in [0.1, 0.15) is 6.54 Å². The van der Waals surface area contributed by atoms with Crippen molar-refractivity contribution in [3.63, 3.8) is 0 Å². The molecular formula is C17H16N4O3S2. The van der Waals surface area contributed by atoms with Crippen molar-refractivity contribution in [2.75, 3.05) is 28.8 Å². The smallest absolute Gasteiger partial charge is 0.245 e. The first-order chi connectivity index (χ1) is 12.6. The van der Waals surface area contributed by atoms with Crippen LogP contribution >= 0.6 is 23.1 Å². The molecule has 4 rings (SSSR count). The van der Waals surface area contributed by atoms with Crippen LogP contribution < -0.4 is 10.6 Å². The Morgan fingerprint density at radius 3 is 3.00 bits per heavy atom. The molecule has 0 atom stereocenters. The Labute approximate surface area is 158 Å². The topological polar surface area (TPSA) is 91.4 Å². The van der Waals surface area contributed by atoms with Crippen molar-refractivity contribution in [3.8, 4) is 11.3 Å². The Hall–Kier alpha value is -2.39. The van der Waals surface area contributed by atoms with E-state index in [-0.39, 0.29) is 24.3 Å². The number of nitrogens with zero attached hydrogens (tertiary/aromatic N) is 2. The maximum atomic E-state index is 12.1. The summed E-state index contributed by atoms with van der Waals surface area (Å²) in [6.45, 7) is 0.0549. The number of aryl methyl sites for hydroxylation is 1. The van der Waals surface area contributed by atoms with Gasteiger partial charge in [0.15, 0.2) is 5.13 Å². The molecular weight excluding hydrogens is 372 g/mol. The zero-order valence-corrected chi connectivity index (χ0v) is 15.4. The number of fused-ring (bicyclic) bond motifs is 1. The molecule has 2 aliphatic heterocycles. The van der Waals surface area contributed by atoms with E-state index in [2.05, 4.69) is 15.6 Å². The lowest BCUT2D eigenvalue weighted by molar-refractivity contribution is -0.130. The third kappa shape index (κ3) is 3.58. The van der Waals surface area contributed by atoms with Crippen LogP contribution in [-0.2, 0) is 20.8 Å². The van der Waals surface area contributed by atoms with E-state index in [1.165, 1.54) is 28.0 Å². The second kappa shape index (κ2) is 7.08. The van der Waals surface area contributed by atoms with Gasteiger partial charge in [-0.2, -0.15) is 0 Å². The number of hydrogen-bond donors (Lipinski definition) is 2. The highest BCUT2D eigenvalue weighted by Crippen LogP contribution is 2.30. The van der Waals surface area contributed by atoms with Gasteiger partial charge in [-0.1, -0.05) is 6.07 Å². The maximum absolute atomic E-state index is 12.1. The van der Waals surface area contributed by atoms with Crippen LogP contribution in [0.1, 0.15) is 12.0 Å². The van der Waals surface area contributed by atoms with Crippen molar-refractivity contribution in [1.29, 1.82) is 0 Å². The highest BCUT2D eigenvalue weighted by atomic mass is 32.2. The standard InChI is InChI=1S/C17H16N4O3S2/c22-14-4-2-10-5-11(1-3-12(10)18-14)13-7-26-17(19-13)20-15(23)6-21-9-25-8-16(21)24/h1,3,5,7H,2,4,6,8-9H2,(H,18,22)(H,19,20,23). The van der Waals surface area contributed by atoms with Crippen LogP contribution in [0.4, 0.5) is 10.8 Å². The SMILES string of the molecule is O=C(CN1CSCC1=O)Nc1nc(-c2ccc3c(c2)CCC(=O)N3)cs1. The van der Waals surface area contributed by atoms with Gasteiger partial charge in [0.2, 0.25) is 17.7 Å². The lowest BCUT2D eigenvalue weighted by Crippen LogP contribution is -2.34. The number of thioether (sulfide) groups is 1. The molecule has 0 saturated carbocycles. The second-order valence-corrected chi connectivity index (χ2v) is 7.89. The molecule has 26 heavy (non-hydrogen) atoms. The first kappa shape index (κ1) is 17.0. The number of nitrogens with one attached hydrogen (secondary N) is 2. The lowest BCUT2D eigenvalue weighted by Gasteiger charge is -2.17. The third-order valence-electron chi connectivity index (χ3n) is 4.21. The fourth-order valence-electron chi connectivity index (χ4n) is 2.88. The minimum atomic E-state index is -0.241. The summed E-state index contributed by atoms with van der Waals surface area (Å²) in [5, 5.41) is 8.01. The number of carbonyl (C=O) groups is 3. The van der Waals surface area contributed by atoms with Gasteiger partial charge in [-0.25, -0.2) is 4.98 Å². The van der Waals surface area contributed by atoms with E-state index in [0.29, 0.717) is 29.6 Å². The van der Waals surface area contributed by atoms with Crippen molar-refractivity contribution in [1.82, 2.24) is 9.88 Å². The van der Waals surface area contributed by atoms with Crippen molar-refractivity contribution in [3.05, 3.63) is 29.1 Å². The number of thiazole rings is 1. The molecule has 0 spiro atoms. The van der Waals surface area contributed by atoms with Gasteiger partial charge in [0, 0.05) is 23.1 Å². The summed E-state index contributed by atoms with van der Waals surface area (Å²) in [5.41, 5.74) is 3.66. The molecule has 2 aliphatic rings. The Balaban J connectivity index is 1.44. The Bertz CT molecular complexity index is 896. The minimum Gasteiger partial charge on any atom is -0.326 e. The Morgan fingerprint density at radius 1 is 1.31 bits per heavy atom. The fraction of sp³-hybridized carbons (Fsp3) is 0.294. The maximum Gasteiger partial charge on any atom is 0.245 e. The molecule has 7 nitrogen and oxygen atoms in total. The normalized spacial score (nSPS) is 16.4. The van der Waals surface area contributed by atoms with E-state index >= 15 is 0 Å². The van der Waals surface area contributed by atoms with Crippen LogP contribution in [0.15, 0.2) is 23.6 Å². The van der Waals surface area contributed by atoms with E-state index in [9.17, 15) is 14.4 Å². The predicted octanol–water partition coefficient (Wildman–Crippen LogP) is 2.17. The van der Waals surface area contributed by atoms with Crippen molar-refractivity contribution in [2.24, 2.45) is 0 Å². The molecule has 3 amide bonds. The molecule has 2 aromatic rings. The molecule has 0 aliphatic carbocycles. The summed E-state index contributed by atoms with van der Waals surface area (Å²) in [7, 11) is 0. The van der Waals surface area contributed by atoms with Gasteiger partial charge in [-0.3, -0.25) is 14.4 Å². The number of benzene rings is 1. The van der Waals surface area contributed by atoms with Crippen molar-refractivity contribution < 1.29 is 14.4 Å². The van der Waals surface area contributed by atoms with Gasteiger partial charge in [-0.05, 0) is 24.1 Å². The summed E-state index contributed by atoms with van der Waals surface area (Å²) in [6.07, 6.45) is 1.20. The summed E-state index contributed by atoms with van der Waals surface area (Å²) < 4.78 is 0. The van der Waals surface area contributed by atoms with E-state index < -0.39 is 0 Å². The Kier molecular flexibility index (Phi) is 4.64.